The van der Waals surface area contributed by atoms with Gasteiger partial charge < -0.3 is 15.4 Å². The standard InChI is InChI=1S/C22H22ClF3N4O/c1-2-3-4-12-31-18-10-8-16(9-11-18)29-21-27-14-19(22(24,25)26)20(30-21)28-17-7-5-6-15(23)13-17/h5-11,13-14H,2-4,12H2,1H3,(H2,27,28,29,30). The summed E-state index contributed by atoms with van der Waals surface area (Å²) in [5.74, 6) is 0.371. The van der Waals surface area contributed by atoms with E-state index in [4.69, 9.17) is 16.3 Å². The first-order valence-electron chi connectivity index (χ1n) is 9.82. The Morgan fingerprint density at radius 3 is 2.45 bits per heavy atom. The van der Waals surface area contributed by atoms with Crippen LogP contribution in [-0.2, 0) is 6.18 Å². The number of hydrogen-bond donors (Lipinski definition) is 2. The third kappa shape index (κ3) is 6.75. The second-order valence-corrected chi connectivity index (χ2v) is 7.23. The maximum Gasteiger partial charge on any atom is 0.421 e. The van der Waals surface area contributed by atoms with E-state index >= 15 is 0 Å². The normalized spacial score (nSPS) is 11.3. The van der Waals surface area contributed by atoms with Crippen molar-refractivity contribution in [3.63, 3.8) is 0 Å². The number of anilines is 4. The van der Waals surface area contributed by atoms with E-state index < -0.39 is 11.7 Å². The second-order valence-electron chi connectivity index (χ2n) is 6.79. The van der Waals surface area contributed by atoms with Gasteiger partial charge in [0, 0.05) is 22.6 Å². The van der Waals surface area contributed by atoms with Crippen LogP contribution < -0.4 is 15.4 Å². The van der Waals surface area contributed by atoms with Gasteiger partial charge >= 0.3 is 6.18 Å². The quantitative estimate of drug-likeness (QED) is 0.337. The molecule has 0 amide bonds. The van der Waals surface area contributed by atoms with Gasteiger partial charge in [0.1, 0.15) is 17.1 Å². The summed E-state index contributed by atoms with van der Waals surface area (Å²) in [6.07, 6.45) is -0.661. The maximum absolute atomic E-state index is 13.4. The minimum atomic E-state index is -4.61. The van der Waals surface area contributed by atoms with Crippen molar-refractivity contribution >= 4 is 34.7 Å². The lowest BCUT2D eigenvalue weighted by Gasteiger charge is -2.15. The highest BCUT2D eigenvalue weighted by Crippen LogP contribution is 2.35. The maximum atomic E-state index is 13.4. The van der Waals surface area contributed by atoms with Crippen LogP contribution in [0.4, 0.5) is 36.3 Å². The predicted octanol–water partition coefficient (Wildman–Crippen LogP) is 7.21. The minimum absolute atomic E-state index is 0.0224. The first kappa shape index (κ1) is 22.7. The fraction of sp³-hybridized carbons (Fsp3) is 0.273. The fourth-order valence-corrected chi connectivity index (χ4v) is 2.94. The molecule has 3 rings (SSSR count). The van der Waals surface area contributed by atoms with Gasteiger partial charge in [0.15, 0.2) is 0 Å². The van der Waals surface area contributed by atoms with Gasteiger partial charge in [0.2, 0.25) is 5.95 Å². The molecular formula is C22H22ClF3N4O. The highest BCUT2D eigenvalue weighted by Gasteiger charge is 2.35. The lowest BCUT2D eigenvalue weighted by molar-refractivity contribution is -0.137. The van der Waals surface area contributed by atoms with Crippen LogP contribution >= 0.6 is 11.6 Å². The van der Waals surface area contributed by atoms with E-state index in [2.05, 4.69) is 27.5 Å². The Balaban J connectivity index is 1.75. The van der Waals surface area contributed by atoms with Crippen LogP contribution in [0.5, 0.6) is 5.75 Å². The van der Waals surface area contributed by atoms with Crippen LogP contribution in [0.1, 0.15) is 31.7 Å². The van der Waals surface area contributed by atoms with Crippen molar-refractivity contribution in [1.82, 2.24) is 9.97 Å². The monoisotopic (exact) mass is 450 g/mol. The van der Waals surface area contributed by atoms with Crippen molar-refractivity contribution in [1.29, 1.82) is 0 Å². The van der Waals surface area contributed by atoms with Crippen LogP contribution in [-0.4, -0.2) is 16.6 Å². The molecule has 2 N–H and O–H groups in total. The second kappa shape index (κ2) is 10.3. The molecule has 2 aromatic carbocycles. The van der Waals surface area contributed by atoms with Crippen molar-refractivity contribution in [2.45, 2.75) is 32.4 Å². The average Bonchev–Trinajstić information content (AvgIpc) is 2.72. The van der Waals surface area contributed by atoms with Crippen LogP contribution in [0, 0.1) is 0 Å². The van der Waals surface area contributed by atoms with Crippen molar-refractivity contribution in [3.8, 4) is 5.75 Å². The SMILES string of the molecule is CCCCCOc1ccc(Nc2ncc(C(F)(F)F)c(Nc3cccc(Cl)c3)n2)cc1. The molecule has 0 fully saturated rings. The molecule has 1 heterocycles. The average molecular weight is 451 g/mol. The summed E-state index contributed by atoms with van der Waals surface area (Å²) in [6, 6.07) is 13.4. The number of aromatic nitrogens is 2. The number of hydrogen-bond acceptors (Lipinski definition) is 5. The smallest absolute Gasteiger partial charge is 0.421 e. The zero-order chi connectivity index (χ0) is 22.3. The highest BCUT2D eigenvalue weighted by atomic mass is 35.5. The van der Waals surface area contributed by atoms with E-state index in [1.165, 1.54) is 6.07 Å². The zero-order valence-corrected chi connectivity index (χ0v) is 17.6. The van der Waals surface area contributed by atoms with Gasteiger partial charge in [0.25, 0.3) is 0 Å². The first-order chi connectivity index (χ1) is 14.8. The summed E-state index contributed by atoms with van der Waals surface area (Å²) >= 11 is 5.92. The molecule has 9 heteroatoms. The summed E-state index contributed by atoms with van der Waals surface area (Å²) in [5.41, 5.74) is 0.0236. The number of alkyl halides is 3. The molecule has 0 aliphatic heterocycles. The number of benzene rings is 2. The Hall–Kier alpha value is -3.00. The largest absolute Gasteiger partial charge is 0.494 e. The molecule has 0 bridgehead atoms. The third-order valence-electron chi connectivity index (χ3n) is 4.31. The van der Waals surface area contributed by atoms with Gasteiger partial charge in [-0.15, -0.1) is 0 Å². The van der Waals surface area contributed by atoms with E-state index in [1.54, 1.807) is 42.5 Å². The van der Waals surface area contributed by atoms with Crippen molar-refractivity contribution in [2.75, 3.05) is 17.2 Å². The number of unbranched alkanes of at least 4 members (excludes halogenated alkanes) is 2. The number of nitrogens with zero attached hydrogens (tertiary/aromatic N) is 2. The molecule has 0 saturated carbocycles. The lowest BCUT2D eigenvalue weighted by Crippen LogP contribution is -2.12. The molecule has 0 saturated heterocycles. The van der Waals surface area contributed by atoms with E-state index in [-0.39, 0.29) is 11.8 Å². The lowest BCUT2D eigenvalue weighted by atomic mass is 10.2. The summed E-state index contributed by atoms with van der Waals surface area (Å²) in [5, 5.41) is 5.98. The Bertz CT molecular complexity index is 997. The Morgan fingerprint density at radius 2 is 1.77 bits per heavy atom. The number of ether oxygens (including phenoxy) is 1. The molecule has 0 spiro atoms. The van der Waals surface area contributed by atoms with Crippen LogP contribution in [0.3, 0.4) is 0 Å². The van der Waals surface area contributed by atoms with Crippen LogP contribution in [0.15, 0.2) is 54.7 Å². The molecule has 1 aromatic heterocycles. The molecule has 164 valence electrons. The highest BCUT2D eigenvalue weighted by molar-refractivity contribution is 6.30. The van der Waals surface area contributed by atoms with Crippen LogP contribution in [0.2, 0.25) is 5.02 Å². The van der Waals surface area contributed by atoms with Gasteiger partial charge in [-0.05, 0) is 48.9 Å². The molecule has 5 nitrogen and oxygen atoms in total. The number of rotatable bonds is 9. The van der Waals surface area contributed by atoms with Gasteiger partial charge in [-0.1, -0.05) is 37.4 Å². The molecule has 0 radical (unpaired) electrons. The van der Waals surface area contributed by atoms with E-state index in [0.717, 1.165) is 31.2 Å². The number of halogens is 4. The summed E-state index contributed by atoms with van der Waals surface area (Å²) < 4.78 is 45.9. The predicted molar refractivity (Wildman–Crippen MR) is 117 cm³/mol. The third-order valence-corrected chi connectivity index (χ3v) is 4.54. The fourth-order valence-electron chi connectivity index (χ4n) is 2.75. The minimum Gasteiger partial charge on any atom is -0.494 e. The van der Waals surface area contributed by atoms with Gasteiger partial charge in [-0.3, -0.25) is 0 Å². The Kier molecular flexibility index (Phi) is 7.57. The van der Waals surface area contributed by atoms with Gasteiger partial charge in [-0.25, -0.2) is 4.98 Å². The molecular weight excluding hydrogens is 429 g/mol. The molecule has 0 aliphatic carbocycles. The molecule has 0 atom stereocenters. The zero-order valence-electron chi connectivity index (χ0n) is 16.8. The van der Waals surface area contributed by atoms with Crippen molar-refractivity contribution < 1.29 is 17.9 Å². The van der Waals surface area contributed by atoms with E-state index in [9.17, 15) is 13.2 Å². The number of nitrogens with one attached hydrogen (secondary N) is 2. The van der Waals surface area contributed by atoms with Gasteiger partial charge in [0.05, 0.1) is 6.61 Å². The molecule has 31 heavy (non-hydrogen) atoms. The van der Waals surface area contributed by atoms with E-state index in [0.29, 0.717) is 23.0 Å². The van der Waals surface area contributed by atoms with Crippen molar-refractivity contribution in [2.24, 2.45) is 0 Å². The first-order valence-corrected chi connectivity index (χ1v) is 10.2. The topological polar surface area (TPSA) is 59.1 Å². The van der Waals surface area contributed by atoms with Gasteiger partial charge in [-0.2, -0.15) is 18.2 Å². The van der Waals surface area contributed by atoms with Crippen LogP contribution in [0.25, 0.3) is 0 Å². The molecule has 0 unspecified atom stereocenters. The molecule has 3 aromatic rings. The Labute approximate surface area is 183 Å². The summed E-state index contributed by atoms with van der Waals surface area (Å²) in [4.78, 5) is 7.84. The summed E-state index contributed by atoms with van der Waals surface area (Å²) in [6.45, 7) is 2.76. The van der Waals surface area contributed by atoms with Crippen molar-refractivity contribution in [3.05, 3.63) is 65.3 Å². The summed E-state index contributed by atoms with van der Waals surface area (Å²) in [7, 11) is 0. The van der Waals surface area contributed by atoms with E-state index in [1.807, 2.05) is 0 Å². The Morgan fingerprint density at radius 1 is 1.00 bits per heavy atom. The molecule has 0 aliphatic rings.